The second-order valence-electron chi connectivity index (χ2n) is 6.54. The van der Waals surface area contributed by atoms with Gasteiger partial charge in [-0.1, -0.05) is 24.9 Å². The summed E-state index contributed by atoms with van der Waals surface area (Å²) in [7, 11) is 0. The Morgan fingerprint density at radius 3 is 2.93 bits per heavy atom. The summed E-state index contributed by atoms with van der Waals surface area (Å²) in [4.78, 5) is 23.9. The molecule has 1 aliphatic rings. The molecule has 0 unspecified atom stereocenters. The lowest BCUT2D eigenvalue weighted by Crippen LogP contribution is -2.15. The maximum Gasteiger partial charge on any atom is 0.232 e. The fourth-order valence-electron chi connectivity index (χ4n) is 2.75. The number of amides is 1. The van der Waals surface area contributed by atoms with Crippen molar-refractivity contribution in [2.24, 2.45) is 5.92 Å². The quantitative estimate of drug-likeness (QED) is 0.409. The van der Waals surface area contributed by atoms with Gasteiger partial charge in [0.1, 0.15) is 11.5 Å². The van der Waals surface area contributed by atoms with Crippen molar-refractivity contribution in [3.8, 4) is 11.3 Å². The Hall–Kier alpha value is -2.61. The van der Waals surface area contributed by atoms with Crippen molar-refractivity contribution in [3.63, 3.8) is 0 Å². The van der Waals surface area contributed by atoms with Gasteiger partial charge in [0.05, 0.1) is 11.4 Å². The molecule has 1 saturated carbocycles. The van der Waals surface area contributed by atoms with E-state index in [9.17, 15) is 9.18 Å². The maximum absolute atomic E-state index is 14.5. The van der Waals surface area contributed by atoms with Crippen LogP contribution in [0.3, 0.4) is 0 Å². The lowest BCUT2D eigenvalue weighted by Gasteiger charge is -2.10. The average Bonchev–Trinajstić information content (AvgIpc) is 3.41. The zero-order valence-electron chi connectivity index (χ0n) is 14.9. The number of carbonyl (C=O) groups excluding carboxylic acids is 1. The van der Waals surface area contributed by atoms with E-state index < -0.39 is 0 Å². The monoisotopic (exact) mass is 385 g/mol. The predicted molar refractivity (Wildman–Crippen MR) is 107 cm³/mol. The zero-order chi connectivity index (χ0) is 18.8. The Kier molecular flexibility index (Phi) is 4.98. The van der Waals surface area contributed by atoms with E-state index in [-0.39, 0.29) is 23.6 Å². The summed E-state index contributed by atoms with van der Waals surface area (Å²) in [5, 5.41) is 3.54. The van der Waals surface area contributed by atoms with Crippen LogP contribution in [0.5, 0.6) is 0 Å². The summed E-state index contributed by atoms with van der Waals surface area (Å²) in [6.07, 6.45) is 4.57. The first kappa shape index (κ1) is 17.8. The number of fused-ring (bicyclic) bond motifs is 1. The third-order valence-electron chi connectivity index (χ3n) is 4.33. The van der Waals surface area contributed by atoms with E-state index in [1.165, 1.54) is 18.0 Å². The van der Waals surface area contributed by atoms with Crippen LogP contribution >= 0.6 is 11.9 Å². The van der Waals surface area contributed by atoms with Gasteiger partial charge in [0.2, 0.25) is 11.9 Å². The minimum atomic E-state index is -0.345. The van der Waals surface area contributed by atoms with Gasteiger partial charge in [0.25, 0.3) is 0 Å². The molecular weight excluding hydrogens is 365 g/mol. The molecule has 6 nitrogen and oxygen atoms in total. The van der Waals surface area contributed by atoms with Crippen LogP contribution in [0.4, 0.5) is 16.0 Å². The molecule has 1 fully saturated rings. The van der Waals surface area contributed by atoms with E-state index in [1.54, 1.807) is 12.3 Å². The van der Waals surface area contributed by atoms with Crippen molar-refractivity contribution in [1.82, 2.24) is 15.0 Å². The first-order valence-electron chi connectivity index (χ1n) is 8.99. The maximum atomic E-state index is 14.5. The van der Waals surface area contributed by atoms with Gasteiger partial charge in [0, 0.05) is 28.8 Å². The van der Waals surface area contributed by atoms with Crippen LogP contribution in [0.2, 0.25) is 0 Å². The van der Waals surface area contributed by atoms with Gasteiger partial charge in [0.15, 0.2) is 0 Å². The summed E-state index contributed by atoms with van der Waals surface area (Å²) in [5.74, 6) is 0.784. The van der Waals surface area contributed by atoms with E-state index in [4.69, 9.17) is 0 Å². The van der Waals surface area contributed by atoms with Crippen molar-refractivity contribution >= 4 is 40.5 Å². The second-order valence-corrected chi connectivity index (χ2v) is 7.45. The van der Waals surface area contributed by atoms with Crippen LogP contribution in [0.25, 0.3) is 22.3 Å². The number of aromatic amines is 1. The molecule has 3 N–H and O–H groups in total. The molecule has 2 heterocycles. The van der Waals surface area contributed by atoms with E-state index in [1.807, 2.05) is 12.1 Å². The Bertz CT molecular complexity index is 985. The number of aromatic nitrogens is 3. The highest BCUT2D eigenvalue weighted by Gasteiger charge is 2.30. The second kappa shape index (κ2) is 7.56. The normalized spacial score (nSPS) is 13.7. The first-order valence-corrected chi connectivity index (χ1v) is 9.98. The molecule has 0 spiro atoms. The van der Waals surface area contributed by atoms with Crippen LogP contribution in [-0.4, -0.2) is 26.6 Å². The van der Waals surface area contributed by atoms with Gasteiger partial charge < -0.3 is 9.71 Å². The Labute approximate surface area is 160 Å². The molecule has 1 amide bonds. The summed E-state index contributed by atoms with van der Waals surface area (Å²) >= 11 is 1.48. The predicted octanol–water partition coefficient (Wildman–Crippen LogP) is 4.58. The van der Waals surface area contributed by atoms with Crippen molar-refractivity contribution in [3.05, 3.63) is 36.3 Å². The summed E-state index contributed by atoms with van der Waals surface area (Å²) < 4.78 is 17.5. The number of hydrogen-bond acceptors (Lipinski definition) is 5. The number of rotatable bonds is 7. The fraction of sp³-hybridized carbons (Fsp3) is 0.316. The minimum Gasteiger partial charge on any atom is -0.346 e. The highest BCUT2D eigenvalue weighted by Crippen LogP contribution is 2.32. The van der Waals surface area contributed by atoms with Gasteiger partial charge in [-0.25, -0.2) is 9.37 Å². The number of halogens is 1. The largest absolute Gasteiger partial charge is 0.346 e. The highest BCUT2D eigenvalue weighted by atomic mass is 32.2. The van der Waals surface area contributed by atoms with Crippen molar-refractivity contribution in [2.45, 2.75) is 26.2 Å². The number of hydrogen-bond donors (Lipinski definition) is 3. The van der Waals surface area contributed by atoms with Gasteiger partial charge in [-0.05, 0) is 37.5 Å². The number of carbonyl (C=O) groups is 1. The van der Waals surface area contributed by atoms with Gasteiger partial charge >= 0.3 is 0 Å². The van der Waals surface area contributed by atoms with E-state index in [0.29, 0.717) is 22.6 Å². The number of H-pyrrole nitrogens is 1. The summed E-state index contributed by atoms with van der Waals surface area (Å²) in [6.45, 7) is 2.07. The van der Waals surface area contributed by atoms with Crippen LogP contribution in [0.15, 0.2) is 30.5 Å². The van der Waals surface area contributed by atoms with E-state index in [0.717, 1.165) is 30.4 Å². The number of nitrogens with zero attached hydrogens (tertiary/aromatic N) is 2. The topological polar surface area (TPSA) is 82.7 Å². The molecule has 0 bridgehead atoms. The minimum absolute atomic E-state index is 0.0554. The highest BCUT2D eigenvalue weighted by molar-refractivity contribution is 8.00. The molecule has 27 heavy (non-hydrogen) atoms. The third-order valence-corrected chi connectivity index (χ3v) is 5.31. The summed E-state index contributed by atoms with van der Waals surface area (Å²) in [5.41, 5.74) is 2.26. The Morgan fingerprint density at radius 2 is 2.19 bits per heavy atom. The summed E-state index contributed by atoms with van der Waals surface area (Å²) in [6, 6.07) is 6.82. The molecule has 2 aromatic heterocycles. The van der Waals surface area contributed by atoms with Gasteiger partial charge in [-0.15, -0.1) is 0 Å². The smallest absolute Gasteiger partial charge is 0.232 e. The first-order chi connectivity index (χ1) is 13.2. The molecule has 3 aromatic rings. The molecule has 1 aliphatic carbocycles. The molecule has 0 radical (unpaired) electrons. The molecule has 0 aliphatic heterocycles. The van der Waals surface area contributed by atoms with Crippen LogP contribution in [-0.2, 0) is 4.79 Å². The third kappa shape index (κ3) is 3.90. The molecule has 1 aromatic carbocycles. The average molecular weight is 385 g/mol. The zero-order valence-corrected chi connectivity index (χ0v) is 15.7. The fourth-order valence-corrected chi connectivity index (χ4v) is 3.38. The SMILES string of the molecule is CCCSNc1ccc(-c2nc(NC(=O)C3CC3)nc3[nH]ccc23)cc1F. The molecule has 4 rings (SSSR count). The standard InChI is InChI=1S/C19H20FN5OS/c1-2-9-27-25-15-6-5-12(10-14(15)20)16-13-7-8-21-17(13)23-19(22-16)24-18(26)11-3-4-11/h5-8,10-11,25H,2-4,9H2,1H3,(H2,21,22,23,24,26). The van der Waals surface area contributed by atoms with Crippen molar-refractivity contribution < 1.29 is 9.18 Å². The van der Waals surface area contributed by atoms with E-state index >= 15 is 0 Å². The lowest BCUT2D eigenvalue weighted by atomic mass is 10.1. The van der Waals surface area contributed by atoms with Gasteiger partial charge in [-0.3, -0.25) is 10.1 Å². The van der Waals surface area contributed by atoms with Crippen LogP contribution in [0.1, 0.15) is 26.2 Å². The van der Waals surface area contributed by atoms with Crippen LogP contribution in [0, 0.1) is 11.7 Å². The molecule has 0 saturated heterocycles. The number of nitrogens with one attached hydrogen (secondary N) is 3. The molecule has 140 valence electrons. The molecule has 0 atom stereocenters. The van der Waals surface area contributed by atoms with Crippen molar-refractivity contribution in [2.75, 3.05) is 15.8 Å². The van der Waals surface area contributed by atoms with Crippen LogP contribution < -0.4 is 10.0 Å². The van der Waals surface area contributed by atoms with E-state index in [2.05, 4.69) is 31.9 Å². The molecule has 8 heteroatoms. The van der Waals surface area contributed by atoms with Gasteiger partial charge in [-0.2, -0.15) is 4.98 Å². The Balaban J connectivity index is 1.66. The lowest BCUT2D eigenvalue weighted by molar-refractivity contribution is -0.117. The molecular formula is C19H20FN5OS. The Morgan fingerprint density at radius 1 is 1.33 bits per heavy atom. The number of benzene rings is 1. The number of anilines is 2. The van der Waals surface area contributed by atoms with Crippen molar-refractivity contribution in [1.29, 1.82) is 0 Å².